The highest BCUT2D eigenvalue weighted by Crippen LogP contribution is 2.67. The molecule has 0 aromatic rings. The Morgan fingerprint density at radius 1 is 0.889 bits per heavy atom. The van der Waals surface area contributed by atoms with Crippen LogP contribution in [0.2, 0.25) is 0 Å². The standard InChI is InChI=1S/C39H68O5S/c1-25(2)12-11-13-26(3)31-16-17-32-30-15-14-28-24-29(18-20-38(28,5)33(30)19-21-39(31,32)6)43-22-9-7-8-10-23-45-37-36(42)35(41)34(40)27(4)44-37/h14,25-27,29-37,40-42H,7-13,15-24H2,1-6H3/t26-,27+,29+,30+,31-,32+,33+,34-,35-,36+,37+,38+,39-/m1/s1. The lowest BCUT2D eigenvalue weighted by atomic mass is 9.47. The van der Waals surface area contributed by atoms with Gasteiger partial charge in [-0.2, -0.15) is 0 Å². The molecule has 5 aliphatic rings. The van der Waals surface area contributed by atoms with Gasteiger partial charge in [0.1, 0.15) is 23.7 Å². The van der Waals surface area contributed by atoms with Crippen LogP contribution in [0.4, 0.5) is 0 Å². The summed E-state index contributed by atoms with van der Waals surface area (Å²) in [4.78, 5) is 0. The summed E-state index contributed by atoms with van der Waals surface area (Å²) < 4.78 is 12.2. The summed E-state index contributed by atoms with van der Waals surface area (Å²) in [7, 11) is 0. The Kier molecular flexibility index (Phi) is 12.6. The van der Waals surface area contributed by atoms with Gasteiger partial charge >= 0.3 is 0 Å². The van der Waals surface area contributed by atoms with Crippen LogP contribution in [0.15, 0.2) is 11.6 Å². The largest absolute Gasteiger partial charge is 0.388 e. The van der Waals surface area contributed by atoms with E-state index in [1.54, 1.807) is 24.3 Å². The van der Waals surface area contributed by atoms with Gasteiger partial charge in [-0.3, -0.25) is 0 Å². The number of hydrogen-bond donors (Lipinski definition) is 3. The normalized spacial score (nSPS) is 43.8. The maximum absolute atomic E-state index is 10.2. The van der Waals surface area contributed by atoms with Crippen molar-refractivity contribution in [3.05, 3.63) is 11.6 Å². The summed E-state index contributed by atoms with van der Waals surface area (Å²) in [5.41, 5.74) is 2.22. The number of unbranched alkanes of at least 4 members (excludes halogenated alkanes) is 3. The van der Waals surface area contributed by atoms with Crippen LogP contribution in [0.1, 0.15) is 138 Å². The Morgan fingerprint density at radius 2 is 1.67 bits per heavy atom. The molecule has 3 saturated carbocycles. The Morgan fingerprint density at radius 3 is 2.44 bits per heavy atom. The van der Waals surface area contributed by atoms with Crippen molar-refractivity contribution in [2.24, 2.45) is 46.3 Å². The van der Waals surface area contributed by atoms with Crippen LogP contribution in [0.25, 0.3) is 0 Å². The molecule has 3 N–H and O–H groups in total. The van der Waals surface area contributed by atoms with Crippen molar-refractivity contribution in [1.29, 1.82) is 0 Å². The molecule has 4 fully saturated rings. The second-order valence-electron chi connectivity index (χ2n) is 17.0. The Hall–Kier alpha value is -0.110. The predicted octanol–water partition coefficient (Wildman–Crippen LogP) is 8.53. The molecule has 4 aliphatic carbocycles. The first-order chi connectivity index (χ1) is 21.5. The molecule has 1 heterocycles. The fraction of sp³-hybridized carbons (Fsp3) is 0.949. The molecular formula is C39H68O5S. The summed E-state index contributed by atoms with van der Waals surface area (Å²) in [6.07, 6.45) is 18.9. The van der Waals surface area contributed by atoms with Gasteiger partial charge in [-0.05, 0) is 123 Å². The smallest absolute Gasteiger partial charge is 0.132 e. The third-order valence-electron chi connectivity index (χ3n) is 13.7. The average Bonchev–Trinajstić information content (AvgIpc) is 3.37. The molecule has 0 spiro atoms. The lowest BCUT2D eigenvalue weighted by Crippen LogP contribution is -2.55. The molecule has 5 rings (SSSR count). The van der Waals surface area contributed by atoms with E-state index in [4.69, 9.17) is 9.47 Å². The van der Waals surface area contributed by atoms with E-state index in [-0.39, 0.29) is 0 Å². The zero-order valence-electron chi connectivity index (χ0n) is 29.6. The maximum atomic E-state index is 10.2. The van der Waals surface area contributed by atoms with Crippen LogP contribution in [-0.2, 0) is 9.47 Å². The molecule has 0 aromatic heterocycles. The van der Waals surface area contributed by atoms with Crippen molar-refractivity contribution in [3.63, 3.8) is 0 Å². The number of aliphatic hydroxyl groups excluding tert-OH is 3. The first-order valence-electron chi connectivity index (χ1n) is 19.1. The van der Waals surface area contributed by atoms with Crippen molar-refractivity contribution >= 4 is 11.8 Å². The number of thioether (sulfide) groups is 1. The van der Waals surface area contributed by atoms with Crippen LogP contribution < -0.4 is 0 Å². The highest BCUT2D eigenvalue weighted by molar-refractivity contribution is 7.99. The molecule has 0 unspecified atom stereocenters. The first kappa shape index (κ1) is 36.2. The summed E-state index contributed by atoms with van der Waals surface area (Å²) in [5.74, 6) is 6.24. The molecule has 0 radical (unpaired) electrons. The Balaban J connectivity index is 1.02. The number of rotatable bonds is 14. The quantitative estimate of drug-likeness (QED) is 0.129. The SMILES string of the molecule is CC(C)CCC[C@@H](C)[C@H]1CC[C@H]2[C@@H]3CC=C4C[C@@H](OCCCCCCS[C@@H]5O[C@@H](C)[C@@H](O)[C@@H](O)[C@@H]5O)CC[C@]4(C)[C@H]3CC[C@]12C. The minimum absolute atomic E-state index is 0.390. The zero-order valence-corrected chi connectivity index (χ0v) is 30.4. The highest BCUT2D eigenvalue weighted by atomic mass is 32.2. The molecule has 1 saturated heterocycles. The van der Waals surface area contributed by atoms with Crippen LogP contribution in [0, 0.1) is 46.3 Å². The predicted molar refractivity (Wildman–Crippen MR) is 186 cm³/mol. The number of aliphatic hydroxyl groups is 3. The van der Waals surface area contributed by atoms with E-state index in [0.29, 0.717) is 16.9 Å². The van der Waals surface area contributed by atoms with E-state index in [1.807, 2.05) is 0 Å². The van der Waals surface area contributed by atoms with Gasteiger partial charge < -0.3 is 24.8 Å². The number of ether oxygens (including phenoxy) is 2. The van der Waals surface area contributed by atoms with Crippen molar-refractivity contribution in [3.8, 4) is 0 Å². The van der Waals surface area contributed by atoms with Crippen molar-refractivity contribution in [2.75, 3.05) is 12.4 Å². The Labute approximate surface area is 280 Å². The van der Waals surface area contributed by atoms with Gasteiger partial charge in [0.25, 0.3) is 0 Å². The summed E-state index contributed by atoms with van der Waals surface area (Å²) in [5, 5.41) is 30.1. The van der Waals surface area contributed by atoms with E-state index in [1.165, 1.54) is 64.2 Å². The summed E-state index contributed by atoms with van der Waals surface area (Å²) >= 11 is 1.55. The molecule has 5 nitrogen and oxygen atoms in total. The third kappa shape index (κ3) is 7.88. The van der Waals surface area contributed by atoms with Gasteiger partial charge in [0.05, 0.1) is 12.2 Å². The number of fused-ring (bicyclic) bond motifs is 5. The maximum Gasteiger partial charge on any atom is 0.132 e. The Bertz CT molecular complexity index is 971. The first-order valence-corrected chi connectivity index (χ1v) is 20.1. The van der Waals surface area contributed by atoms with Gasteiger partial charge in [0, 0.05) is 6.61 Å². The van der Waals surface area contributed by atoms with Crippen LogP contribution in [-0.4, -0.2) is 63.6 Å². The minimum atomic E-state index is -1.14. The molecule has 45 heavy (non-hydrogen) atoms. The molecule has 260 valence electrons. The summed E-state index contributed by atoms with van der Waals surface area (Å²) in [6.45, 7) is 15.3. The van der Waals surface area contributed by atoms with Gasteiger partial charge in [-0.15, -0.1) is 11.8 Å². The van der Waals surface area contributed by atoms with E-state index in [2.05, 4.69) is 40.7 Å². The number of allylic oxidation sites excluding steroid dienone is 1. The second kappa shape index (κ2) is 15.6. The molecule has 0 aromatic carbocycles. The molecule has 0 bridgehead atoms. The minimum Gasteiger partial charge on any atom is -0.388 e. The van der Waals surface area contributed by atoms with Gasteiger partial charge in [-0.1, -0.05) is 78.4 Å². The molecule has 13 atom stereocenters. The van der Waals surface area contributed by atoms with Gasteiger partial charge in [-0.25, -0.2) is 0 Å². The summed E-state index contributed by atoms with van der Waals surface area (Å²) in [6, 6.07) is 0. The lowest BCUT2D eigenvalue weighted by molar-refractivity contribution is -0.192. The topological polar surface area (TPSA) is 79.2 Å². The molecule has 0 amide bonds. The van der Waals surface area contributed by atoms with Gasteiger partial charge in [0.2, 0.25) is 0 Å². The van der Waals surface area contributed by atoms with Crippen LogP contribution >= 0.6 is 11.8 Å². The zero-order chi connectivity index (χ0) is 32.4. The highest BCUT2D eigenvalue weighted by Gasteiger charge is 2.59. The second-order valence-corrected chi connectivity index (χ2v) is 18.2. The fourth-order valence-corrected chi connectivity index (χ4v) is 12.2. The van der Waals surface area contributed by atoms with Crippen LogP contribution in [0.5, 0.6) is 0 Å². The van der Waals surface area contributed by atoms with Crippen molar-refractivity contribution < 1.29 is 24.8 Å². The van der Waals surface area contributed by atoms with E-state index in [9.17, 15) is 15.3 Å². The van der Waals surface area contributed by atoms with Gasteiger partial charge in [0.15, 0.2) is 0 Å². The molecule has 1 aliphatic heterocycles. The lowest BCUT2D eigenvalue weighted by Gasteiger charge is -2.58. The fourth-order valence-electron chi connectivity index (χ4n) is 11.0. The number of hydrogen-bond acceptors (Lipinski definition) is 6. The molecular weight excluding hydrogens is 580 g/mol. The van der Waals surface area contributed by atoms with E-state index >= 15 is 0 Å². The van der Waals surface area contributed by atoms with Crippen molar-refractivity contribution in [1.82, 2.24) is 0 Å². The molecule has 6 heteroatoms. The van der Waals surface area contributed by atoms with Crippen LogP contribution in [0.3, 0.4) is 0 Å². The van der Waals surface area contributed by atoms with Crippen molar-refractivity contribution in [2.45, 2.75) is 174 Å². The van der Waals surface area contributed by atoms with E-state index < -0.39 is 29.9 Å². The monoisotopic (exact) mass is 648 g/mol. The average molecular weight is 649 g/mol. The van der Waals surface area contributed by atoms with E-state index in [0.717, 1.165) is 80.0 Å². The third-order valence-corrected chi connectivity index (χ3v) is 15.0.